The van der Waals surface area contributed by atoms with Crippen LogP contribution in [0, 0.1) is 0 Å². The van der Waals surface area contributed by atoms with E-state index < -0.39 is 0 Å². The molecule has 0 N–H and O–H groups in total. The summed E-state index contributed by atoms with van der Waals surface area (Å²) in [5, 5.41) is 0. The van der Waals surface area contributed by atoms with E-state index in [0.717, 1.165) is 38.8 Å². The molecule has 3 fully saturated rings. The number of rotatable bonds is 4. The maximum atomic E-state index is 12.8. The molecule has 2 aliphatic heterocycles. The number of ether oxygens (including phenoxy) is 1. The second-order valence-corrected chi connectivity index (χ2v) is 7.81. The predicted octanol–water partition coefficient (Wildman–Crippen LogP) is 3.10. The molecule has 1 saturated carbocycles. The van der Waals surface area contributed by atoms with E-state index in [1.807, 2.05) is 17.0 Å². The van der Waals surface area contributed by atoms with Gasteiger partial charge < -0.3 is 9.64 Å². The van der Waals surface area contributed by atoms with Gasteiger partial charge in [-0.15, -0.1) is 0 Å². The van der Waals surface area contributed by atoms with Gasteiger partial charge in [-0.05, 0) is 64.5 Å². The molecule has 0 aromatic carbocycles. The van der Waals surface area contributed by atoms with Gasteiger partial charge in [-0.1, -0.05) is 0 Å². The molecule has 5 heteroatoms. The third-order valence-corrected chi connectivity index (χ3v) is 6.15. The van der Waals surface area contributed by atoms with Crippen LogP contribution in [-0.4, -0.2) is 58.5 Å². The molecule has 0 spiro atoms. The van der Waals surface area contributed by atoms with Crippen LogP contribution in [0.3, 0.4) is 0 Å². The van der Waals surface area contributed by atoms with Gasteiger partial charge in [0.2, 0.25) is 5.88 Å². The normalized spacial score (nSPS) is 25.8. The number of hydrogen-bond acceptors (Lipinski definition) is 4. The van der Waals surface area contributed by atoms with E-state index in [1.165, 1.54) is 25.8 Å². The van der Waals surface area contributed by atoms with Crippen LogP contribution >= 0.6 is 0 Å². The van der Waals surface area contributed by atoms with Gasteiger partial charge in [0.25, 0.3) is 5.91 Å². The number of carbonyl (C=O) groups excluding carboxylic acids is 1. The van der Waals surface area contributed by atoms with Crippen LogP contribution in [-0.2, 0) is 0 Å². The summed E-state index contributed by atoms with van der Waals surface area (Å²) < 4.78 is 5.84. The Hall–Kier alpha value is -1.62. The topological polar surface area (TPSA) is 45.7 Å². The molecule has 0 bridgehead atoms. The average molecular weight is 343 g/mol. The highest BCUT2D eigenvalue weighted by molar-refractivity contribution is 5.94. The summed E-state index contributed by atoms with van der Waals surface area (Å²) in [5.41, 5.74) is 0.706. The zero-order chi connectivity index (χ0) is 17.2. The summed E-state index contributed by atoms with van der Waals surface area (Å²) >= 11 is 0. The van der Waals surface area contributed by atoms with E-state index in [4.69, 9.17) is 4.74 Å². The number of amides is 1. The van der Waals surface area contributed by atoms with Crippen molar-refractivity contribution in [3.05, 3.63) is 23.9 Å². The molecule has 1 amide bonds. The molecule has 1 aromatic heterocycles. The fourth-order valence-corrected chi connectivity index (χ4v) is 4.35. The highest BCUT2D eigenvalue weighted by atomic mass is 16.5. The Morgan fingerprint density at radius 2 is 1.92 bits per heavy atom. The largest absolute Gasteiger partial charge is 0.474 e. The second-order valence-electron chi connectivity index (χ2n) is 7.81. The van der Waals surface area contributed by atoms with Gasteiger partial charge in [0.15, 0.2) is 0 Å². The van der Waals surface area contributed by atoms with Crippen molar-refractivity contribution >= 4 is 5.91 Å². The van der Waals surface area contributed by atoms with E-state index in [1.54, 1.807) is 6.20 Å². The SMILES string of the molecule is C[C@@H]1CCCN1C1CCN(C(=O)c2ccnc(OC3CCC3)c2)CC1. The van der Waals surface area contributed by atoms with Crippen molar-refractivity contribution in [3.8, 4) is 5.88 Å². The monoisotopic (exact) mass is 343 g/mol. The summed E-state index contributed by atoms with van der Waals surface area (Å²) in [6.45, 7) is 5.28. The molecule has 1 aliphatic carbocycles. The number of aromatic nitrogens is 1. The number of piperidine rings is 1. The molecule has 1 atom stereocenters. The number of nitrogens with zero attached hydrogens (tertiary/aromatic N) is 3. The maximum Gasteiger partial charge on any atom is 0.254 e. The molecular weight excluding hydrogens is 314 g/mol. The van der Waals surface area contributed by atoms with E-state index in [-0.39, 0.29) is 12.0 Å². The van der Waals surface area contributed by atoms with Crippen molar-refractivity contribution in [2.75, 3.05) is 19.6 Å². The molecule has 3 heterocycles. The van der Waals surface area contributed by atoms with Gasteiger partial charge in [-0.25, -0.2) is 4.98 Å². The molecule has 0 unspecified atom stereocenters. The van der Waals surface area contributed by atoms with Crippen LogP contribution in [0.1, 0.15) is 62.2 Å². The number of hydrogen-bond donors (Lipinski definition) is 0. The lowest BCUT2D eigenvalue weighted by Gasteiger charge is -2.38. The maximum absolute atomic E-state index is 12.8. The zero-order valence-corrected chi connectivity index (χ0v) is 15.2. The van der Waals surface area contributed by atoms with Crippen LogP contribution in [0.25, 0.3) is 0 Å². The van der Waals surface area contributed by atoms with E-state index in [9.17, 15) is 4.79 Å². The quantitative estimate of drug-likeness (QED) is 0.843. The van der Waals surface area contributed by atoms with Gasteiger partial charge in [0.05, 0.1) is 0 Å². The lowest BCUT2D eigenvalue weighted by atomic mass is 9.96. The lowest BCUT2D eigenvalue weighted by Crippen LogP contribution is -2.47. The van der Waals surface area contributed by atoms with Crippen molar-refractivity contribution in [2.24, 2.45) is 0 Å². The molecule has 136 valence electrons. The van der Waals surface area contributed by atoms with Gasteiger partial charge in [0.1, 0.15) is 6.10 Å². The van der Waals surface area contributed by atoms with Gasteiger partial charge in [-0.2, -0.15) is 0 Å². The molecular formula is C20H29N3O2. The van der Waals surface area contributed by atoms with Crippen molar-refractivity contribution in [2.45, 2.75) is 70.1 Å². The highest BCUT2D eigenvalue weighted by Gasteiger charge is 2.32. The fraction of sp³-hybridized carbons (Fsp3) is 0.700. The number of pyridine rings is 1. The first kappa shape index (κ1) is 16.8. The van der Waals surface area contributed by atoms with Crippen molar-refractivity contribution < 1.29 is 9.53 Å². The van der Waals surface area contributed by atoms with Crippen LogP contribution < -0.4 is 4.74 Å². The highest BCUT2D eigenvalue weighted by Crippen LogP contribution is 2.27. The molecule has 3 aliphatic rings. The second kappa shape index (κ2) is 7.32. The third-order valence-electron chi connectivity index (χ3n) is 6.15. The number of likely N-dealkylation sites (tertiary alicyclic amines) is 2. The van der Waals surface area contributed by atoms with Gasteiger partial charge in [-0.3, -0.25) is 9.69 Å². The first-order chi connectivity index (χ1) is 12.2. The molecule has 1 aromatic rings. The Balaban J connectivity index is 1.34. The average Bonchev–Trinajstić information content (AvgIpc) is 3.04. The first-order valence-electron chi connectivity index (χ1n) is 9.88. The van der Waals surface area contributed by atoms with Gasteiger partial charge >= 0.3 is 0 Å². The van der Waals surface area contributed by atoms with Crippen LogP contribution in [0.5, 0.6) is 5.88 Å². The predicted molar refractivity (Wildman–Crippen MR) is 96.8 cm³/mol. The van der Waals surface area contributed by atoms with Crippen LogP contribution in [0.15, 0.2) is 18.3 Å². The van der Waals surface area contributed by atoms with Crippen molar-refractivity contribution in [3.63, 3.8) is 0 Å². The minimum absolute atomic E-state index is 0.119. The summed E-state index contributed by atoms with van der Waals surface area (Å²) in [7, 11) is 0. The smallest absolute Gasteiger partial charge is 0.254 e. The fourth-order valence-electron chi connectivity index (χ4n) is 4.35. The lowest BCUT2D eigenvalue weighted by molar-refractivity contribution is 0.0609. The Bertz CT molecular complexity index is 609. The Morgan fingerprint density at radius 3 is 2.56 bits per heavy atom. The Kier molecular flexibility index (Phi) is 4.93. The van der Waals surface area contributed by atoms with Crippen molar-refractivity contribution in [1.82, 2.24) is 14.8 Å². The third kappa shape index (κ3) is 3.66. The van der Waals surface area contributed by atoms with E-state index in [2.05, 4.69) is 16.8 Å². The Morgan fingerprint density at radius 1 is 1.12 bits per heavy atom. The molecule has 25 heavy (non-hydrogen) atoms. The van der Waals surface area contributed by atoms with Crippen LogP contribution in [0.4, 0.5) is 0 Å². The van der Waals surface area contributed by atoms with Gasteiger partial charge in [0, 0.05) is 43.0 Å². The minimum Gasteiger partial charge on any atom is -0.474 e. The summed E-state index contributed by atoms with van der Waals surface area (Å²) in [5.74, 6) is 0.713. The number of carbonyl (C=O) groups is 1. The van der Waals surface area contributed by atoms with Crippen molar-refractivity contribution in [1.29, 1.82) is 0 Å². The molecule has 5 nitrogen and oxygen atoms in total. The summed E-state index contributed by atoms with van der Waals surface area (Å²) in [6, 6.07) is 4.98. The van der Waals surface area contributed by atoms with E-state index >= 15 is 0 Å². The summed E-state index contributed by atoms with van der Waals surface area (Å²) in [4.78, 5) is 21.8. The van der Waals surface area contributed by atoms with Crippen LogP contribution in [0.2, 0.25) is 0 Å². The zero-order valence-electron chi connectivity index (χ0n) is 15.2. The molecule has 4 rings (SSSR count). The van der Waals surface area contributed by atoms with E-state index in [0.29, 0.717) is 23.5 Å². The summed E-state index contributed by atoms with van der Waals surface area (Å²) in [6.07, 6.45) is 10.2. The minimum atomic E-state index is 0.119. The standard InChI is InChI=1S/C20H29N3O2/c1-15-4-3-11-23(15)17-8-12-22(13-9-17)20(24)16-7-10-21-19(14-16)25-18-5-2-6-18/h7,10,14-15,17-18H,2-6,8-9,11-13H2,1H3/t15-/m1/s1. The molecule has 0 radical (unpaired) electrons. The molecule has 2 saturated heterocycles. The Labute approximate surface area is 150 Å². The first-order valence-corrected chi connectivity index (χ1v) is 9.88.